The van der Waals surface area contributed by atoms with Gasteiger partial charge in [-0.2, -0.15) is 0 Å². The Hall–Kier alpha value is -4.84. The number of carboxylic acids is 2. The van der Waals surface area contributed by atoms with E-state index in [0.29, 0.717) is 0 Å². The predicted octanol–water partition coefficient (Wildman–Crippen LogP) is 0.316. The molecule has 0 radical (unpaired) electrons. The number of hydrogen-bond acceptors (Lipinski definition) is 14. The van der Waals surface area contributed by atoms with Crippen molar-refractivity contribution in [2.24, 2.45) is 5.16 Å². The van der Waals surface area contributed by atoms with E-state index in [0.717, 1.165) is 40.1 Å². The molecule has 42 heavy (non-hydrogen) atoms. The van der Waals surface area contributed by atoms with Crippen molar-refractivity contribution >= 4 is 63.7 Å². The number of thiazole rings is 1. The third-order valence-corrected chi connectivity index (χ3v) is 8.00. The number of esters is 1. The summed E-state index contributed by atoms with van der Waals surface area (Å²) in [5.74, 6) is -6.41. The number of rotatable bonds is 10. The second-order valence-corrected chi connectivity index (χ2v) is 11.3. The van der Waals surface area contributed by atoms with Crippen molar-refractivity contribution in [3.05, 3.63) is 46.1 Å². The quantitative estimate of drug-likeness (QED) is 0.0687. The highest BCUT2D eigenvalue weighted by Crippen LogP contribution is 2.40. The number of amides is 2. The predicted molar refractivity (Wildman–Crippen MR) is 146 cm³/mol. The molecule has 0 aliphatic carbocycles. The summed E-state index contributed by atoms with van der Waals surface area (Å²) >= 11 is 2.08. The maximum atomic E-state index is 13.2. The van der Waals surface area contributed by atoms with E-state index in [4.69, 9.17) is 15.3 Å². The number of hydrogen-bond donors (Lipinski definition) is 6. The molecule has 1 fully saturated rings. The zero-order chi connectivity index (χ0) is 30.9. The van der Waals surface area contributed by atoms with Crippen LogP contribution in [0.3, 0.4) is 0 Å². The van der Waals surface area contributed by atoms with Gasteiger partial charge >= 0.3 is 17.9 Å². The van der Waals surface area contributed by atoms with Crippen LogP contribution >= 0.6 is 23.1 Å². The molecule has 2 aliphatic rings. The van der Waals surface area contributed by atoms with Crippen LogP contribution in [0.2, 0.25) is 0 Å². The van der Waals surface area contributed by atoms with Crippen molar-refractivity contribution in [3.63, 3.8) is 0 Å². The Morgan fingerprint density at radius 1 is 1.21 bits per heavy atom. The Morgan fingerprint density at radius 2 is 1.93 bits per heavy atom. The first kappa shape index (κ1) is 30.1. The number of aromatic nitrogens is 1. The number of β-lactam (4-membered cyclic amide) rings is 1. The molecule has 4 rings (SSSR count). The molecule has 16 nitrogen and oxygen atoms in total. The van der Waals surface area contributed by atoms with Gasteiger partial charge in [-0.25, -0.2) is 19.4 Å². The first-order valence-corrected chi connectivity index (χ1v) is 13.7. The number of phenols is 2. The molecular formula is C24H23N5O11S2. The number of carbonyl (C=O) groups excluding carboxylic acids is 3. The SMILES string of the molecule is CC(C)(O/N=C(\C(=O)N[C@@H]1C(=O)N2C(C(=O)O)=C(COC(=O)c3ccc(O)c(O)c3)CS[C@H]12)c1csc(N)n1)C(=O)O. The number of nitrogens with zero attached hydrogens (tertiary/aromatic N) is 3. The van der Waals surface area contributed by atoms with Crippen LogP contribution in [0.4, 0.5) is 5.13 Å². The summed E-state index contributed by atoms with van der Waals surface area (Å²) < 4.78 is 5.17. The van der Waals surface area contributed by atoms with Crippen molar-refractivity contribution in [1.29, 1.82) is 0 Å². The lowest BCUT2D eigenvalue weighted by Gasteiger charge is -2.49. The topological polar surface area (TPSA) is 251 Å². The van der Waals surface area contributed by atoms with E-state index < -0.39 is 76.3 Å². The van der Waals surface area contributed by atoms with E-state index in [1.807, 2.05) is 0 Å². The smallest absolute Gasteiger partial charge is 0.352 e. The molecule has 1 saturated heterocycles. The zero-order valence-corrected chi connectivity index (χ0v) is 23.4. The highest BCUT2D eigenvalue weighted by molar-refractivity contribution is 8.00. The second-order valence-electron chi connectivity index (χ2n) is 9.32. The van der Waals surface area contributed by atoms with Crippen LogP contribution in [0.15, 0.2) is 40.0 Å². The number of anilines is 1. The Bertz CT molecular complexity index is 1550. The van der Waals surface area contributed by atoms with E-state index in [-0.39, 0.29) is 27.7 Å². The zero-order valence-electron chi connectivity index (χ0n) is 21.8. The fraction of sp³-hybridized carbons (Fsp3) is 0.292. The Balaban J connectivity index is 1.50. The van der Waals surface area contributed by atoms with Gasteiger partial charge in [0.2, 0.25) is 5.60 Å². The van der Waals surface area contributed by atoms with Crippen molar-refractivity contribution < 1.29 is 54.0 Å². The molecule has 2 atom stereocenters. The van der Waals surface area contributed by atoms with Gasteiger partial charge in [0, 0.05) is 16.7 Å². The number of phenolic OH excluding ortho intramolecular Hbond substituents is 2. The fourth-order valence-corrected chi connectivity index (χ4v) is 5.57. The number of aliphatic carboxylic acids is 2. The standard InChI is InChI=1S/C24H23N5O11S2/c1-24(2,22(37)38)40-28-14(11-8-42-23(25)26-11)17(32)27-15-18(33)29-16(20(34)35)10(7-41-19(15)29)6-39-21(36)9-3-4-12(30)13(31)5-9/h3-5,8,15,19,30-31H,6-7H2,1-2H3,(H2,25,26)(H,27,32)(H,34,35)(H,37,38)/b28-14-/t15-,19-/m1/s1. The molecule has 18 heteroatoms. The van der Waals surface area contributed by atoms with Gasteiger partial charge in [0.1, 0.15) is 29.4 Å². The number of aromatic hydroxyl groups is 2. The second kappa shape index (κ2) is 11.6. The molecule has 0 spiro atoms. The summed E-state index contributed by atoms with van der Waals surface area (Å²) in [4.78, 5) is 72.0. The van der Waals surface area contributed by atoms with Crippen molar-refractivity contribution in [2.45, 2.75) is 30.9 Å². The number of nitrogens with one attached hydrogen (secondary N) is 1. The highest BCUT2D eigenvalue weighted by atomic mass is 32.2. The number of carbonyl (C=O) groups is 5. The molecule has 1 aromatic carbocycles. The maximum absolute atomic E-state index is 13.2. The number of oxime groups is 1. The number of fused-ring (bicyclic) bond motifs is 1. The Kier molecular flexibility index (Phi) is 8.30. The average molecular weight is 622 g/mol. The van der Waals surface area contributed by atoms with Crippen LogP contribution in [0, 0.1) is 0 Å². The summed E-state index contributed by atoms with van der Waals surface area (Å²) in [7, 11) is 0. The van der Waals surface area contributed by atoms with Crippen LogP contribution < -0.4 is 11.1 Å². The number of thioether (sulfide) groups is 1. The van der Waals surface area contributed by atoms with Gasteiger partial charge in [-0.15, -0.1) is 23.1 Å². The minimum absolute atomic E-state index is 0.0238. The van der Waals surface area contributed by atoms with Crippen molar-refractivity contribution in [3.8, 4) is 11.5 Å². The van der Waals surface area contributed by atoms with Gasteiger partial charge in [0.15, 0.2) is 22.3 Å². The first-order valence-electron chi connectivity index (χ1n) is 11.8. The summed E-state index contributed by atoms with van der Waals surface area (Å²) in [6, 6.07) is 2.08. The molecule has 0 saturated carbocycles. The molecule has 2 amide bonds. The van der Waals surface area contributed by atoms with E-state index in [2.05, 4.69) is 15.5 Å². The van der Waals surface area contributed by atoms with Gasteiger partial charge in [-0.3, -0.25) is 14.5 Å². The largest absolute Gasteiger partial charge is 0.504 e. The maximum Gasteiger partial charge on any atom is 0.352 e. The van der Waals surface area contributed by atoms with Gasteiger partial charge in [-0.05, 0) is 32.0 Å². The van der Waals surface area contributed by atoms with Gasteiger partial charge in [0.25, 0.3) is 11.8 Å². The van der Waals surface area contributed by atoms with Crippen molar-refractivity contribution in [2.75, 3.05) is 18.1 Å². The highest BCUT2D eigenvalue weighted by Gasteiger charge is 2.54. The lowest BCUT2D eigenvalue weighted by molar-refractivity contribution is -0.161. The summed E-state index contributed by atoms with van der Waals surface area (Å²) in [6.45, 7) is 1.93. The number of nitrogens with two attached hydrogens (primary N) is 1. The van der Waals surface area contributed by atoms with Crippen molar-refractivity contribution in [1.82, 2.24) is 15.2 Å². The number of nitrogen functional groups attached to an aromatic ring is 1. The Labute approximate surface area is 244 Å². The number of ether oxygens (including phenoxy) is 1. The Morgan fingerprint density at radius 3 is 2.52 bits per heavy atom. The minimum Gasteiger partial charge on any atom is -0.504 e. The third kappa shape index (κ3) is 5.93. The monoisotopic (exact) mass is 621 g/mol. The molecule has 1 aromatic heterocycles. The van der Waals surface area contributed by atoms with Crippen LogP contribution in [-0.2, 0) is 28.8 Å². The van der Waals surface area contributed by atoms with Gasteiger partial charge in [-0.1, -0.05) is 5.16 Å². The van der Waals surface area contributed by atoms with E-state index in [1.165, 1.54) is 25.3 Å². The van der Waals surface area contributed by atoms with Crippen LogP contribution in [-0.4, -0.2) is 95.1 Å². The lowest BCUT2D eigenvalue weighted by atomic mass is 10.0. The van der Waals surface area contributed by atoms with E-state index in [1.54, 1.807) is 0 Å². The molecule has 2 aromatic rings. The number of benzene rings is 1. The fourth-order valence-electron chi connectivity index (χ4n) is 3.69. The minimum atomic E-state index is -1.81. The molecule has 0 bridgehead atoms. The summed E-state index contributed by atoms with van der Waals surface area (Å²) in [5, 5.41) is 44.9. The molecular weight excluding hydrogens is 598 g/mol. The lowest BCUT2D eigenvalue weighted by Crippen LogP contribution is -2.71. The van der Waals surface area contributed by atoms with Crippen LogP contribution in [0.1, 0.15) is 29.9 Å². The molecule has 222 valence electrons. The van der Waals surface area contributed by atoms with Gasteiger partial charge in [0.05, 0.1) is 5.56 Å². The van der Waals surface area contributed by atoms with E-state index in [9.17, 15) is 44.4 Å². The molecule has 2 aliphatic heterocycles. The molecule has 7 N–H and O–H groups in total. The normalized spacial score (nSPS) is 18.6. The van der Waals surface area contributed by atoms with Gasteiger partial charge < -0.3 is 41.1 Å². The van der Waals surface area contributed by atoms with Crippen LogP contribution in [0.25, 0.3) is 0 Å². The van der Waals surface area contributed by atoms with E-state index >= 15 is 0 Å². The number of carboxylic acid groups (broad SMARTS) is 2. The average Bonchev–Trinajstić information content (AvgIpc) is 3.36. The summed E-state index contributed by atoms with van der Waals surface area (Å²) in [5.41, 5.74) is 2.96. The third-order valence-electron chi connectivity index (χ3n) is 5.98. The molecule has 0 unspecified atom stereocenters. The summed E-state index contributed by atoms with van der Waals surface area (Å²) in [6.07, 6.45) is 0. The first-order chi connectivity index (χ1) is 19.7. The molecule has 3 heterocycles. The van der Waals surface area contributed by atoms with Crippen LogP contribution in [0.5, 0.6) is 11.5 Å².